The molecule has 7 heteroatoms. The second-order valence-corrected chi connectivity index (χ2v) is 6.99. The number of hydrogen-bond acceptors (Lipinski definition) is 4. The summed E-state index contributed by atoms with van der Waals surface area (Å²) in [7, 11) is 1.48. The summed E-state index contributed by atoms with van der Waals surface area (Å²) < 4.78 is 14.1. The van der Waals surface area contributed by atoms with E-state index in [1.807, 2.05) is 6.07 Å². The lowest BCUT2D eigenvalue weighted by molar-refractivity contribution is -0.132. The van der Waals surface area contributed by atoms with Crippen LogP contribution in [0.2, 0.25) is 0 Å². The molecule has 0 aromatic heterocycles. The van der Waals surface area contributed by atoms with Crippen LogP contribution in [0.5, 0.6) is 0 Å². The van der Waals surface area contributed by atoms with E-state index in [2.05, 4.69) is 10.2 Å². The summed E-state index contributed by atoms with van der Waals surface area (Å²) in [4.78, 5) is 27.5. The average Bonchev–Trinajstić information content (AvgIpc) is 2.81. The minimum Gasteiger partial charge on any atom is -0.323 e. The lowest BCUT2D eigenvalue weighted by Crippen LogP contribution is -2.55. The van der Waals surface area contributed by atoms with Gasteiger partial charge >= 0.3 is 6.03 Å². The van der Waals surface area contributed by atoms with Crippen molar-refractivity contribution in [3.05, 3.63) is 35.1 Å². The smallest absolute Gasteiger partial charge is 0.323 e. The van der Waals surface area contributed by atoms with Gasteiger partial charge in [-0.25, -0.2) is 9.18 Å². The monoisotopic (exact) mass is 344 g/mol. The lowest BCUT2D eigenvalue weighted by Gasteiger charge is -2.39. The standard InChI is InChI=1S/C18H21FN4O2/c1-18(16(24)22(2)17(25)21-18)14-4-3-7-23(11-14)10-13-6-5-12(9-20)8-15(13)19/h5-6,8,14H,3-4,7,10-11H2,1-2H3,(H,21,25)/t14-,18+/m1/s1. The van der Waals surface area contributed by atoms with Crippen LogP contribution < -0.4 is 5.32 Å². The number of rotatable bonds is 3. The van der Waals surface area contributed by atoms with Gasteiger partial charge in [-0.15, -0.1) is 0 Å². The number of nitrogens with zero attached hydrogens (tertiary/aromatic N) is 3. The number of urea groups is 1. The number of nitriles is 1. The molecule has 2 aliphatic rings. The minimum atomic E-state index is -0.909. The van der Waals surface area contributed by atoms with Crippen LogP contribution in [0.15, 0.2) is 18.2 Å². The molecule has 2 heterocycles. The van der Waals surface area contributed by atoms with Gasteiger partial charge in [-0.2, -0.15) is 5.26 Å². The normalized spacial score (nSPS) is 27.3. The molecule has 6 nitrogen and oxygen atoms in total. The third-order valence-electron chi connectivity index (χ3n) is 5.32. The summed E-state index contributed by atoms with van der Waals surface area (Å²) in [6, 6.07) is 6.04. The number of likely N-dealkylation sites (N-methyl/N-ethyl adjacent to an activating group) is 1. The van der Waals surface area contributed by atoms with Gasteiger partial charge in [0.1, 0.15) is 11.4 Å². The van der Waals surface area contributed by atoms with Gasteiger partial charge in [0.05, 0.1) is 11.6 Å². The van der Waals surface area contributed by atoms with Crippen LogP contribution in [-0.4, -0.2) is 47.4 Å². The second-order valence-electron chi connectivity index (χ2n) is 6.99. The summed E-state index contributed by atoms with van der Waals surface area (Å²) in [6.07, 6.45) is 1.72. The highest BCUT2D eigenvalue weighted by atomic mass is 19.1. The molecular formula is C18H21FN4O2. The van der Waals surface area contributed by atoms with Gasteiger partial charge in [0.2, 0.25) is 0 Å². The number of amides is 3. The number of piperidine rings is 1. The molecule has 3 rings (SSSR count). The maximum absolute atomic E-state index is 14.1. The Morgan fingerprint density at radius 3 is 2.80 bits per heavy atom. The highest BCUT2D eigenvalue weighted by molar-refractivity contribution is 6.06. The first-order chi connectivity index (χ1) is 11.8. The summed E-state index contributed by atoms with van der Waals surface area (Å²) in [5.41, 5.74) is -0.0791. The van der Waals surface area contributed by atoms with Crippen molar-refractivity contribution in [3.63, 3.8) is 0 Å². The largest absolute Gasteiger partial charge is 0.324 e. The summed E-state index contributed by atoms with van der Waals surface area (Å²) in [5.74, 6) is -0.629. The van der Waals surface area contributed by atoms with Crippen molar-refractivity contribution < 1.29 is 14.0 Å². The third kappa shape index (κ3) is 3.10. The van der Waals surface area contributed by atoms with Crippen molar-refractivity contribution >= 4 is 11.9 Å². The average molecular weight is 344 g/mol. The second kappa shape index (κ2) is 6.45. The van der Waals surface area contributed by atoms with Gasteiger partial charge in [-0.3, -0.25) is 14.6 Å². The molecule has 1 aromatic rings. The number of halogens is 1. The predicted molar refractivity (Wildman–Crippen MR) is 88.8 cm³/mol. The molecule has 0 aliphatic carbocycles. The number of carbonyl (C=O) groups excluding carboxylic acids is 2. The number of nitrogens with one attached hydrogen (secondary N) is 1. The molecule has 0 bridgehead atoms. The Hall–Kier alpha value is -2.46. The molecule has 1 N–H and O–H groups in total. The number of likely N-dealkylation sites (tertiary alicyclic amines) is 1. The quantitative estimate of drug-likeness (QED) is 0.849. The number of hydrogen-bond donors (Lipinski definition) is 1. The number of benzene rings is 1. The number of carbonyl (C=O) groups is 2. The SMILES string of the molecule is CN1C(=O)N[C@@](C)([C@@H]2CCCN(Cc3ccc(C#N)cc3F)C2)C1=O. The highest BCUT2D eigenvalue weighted by Crippen LogP contribution is 2.32. The predicted octanol–water partition coefficient (Wildman–Crippen LogP) is 1.85. The minimum absolute atomic E-state index is 0.0240. The van der Waals surface area contributed by atoms with Gasteiger partial charge in [-0.05, 0) is 38.4 Å². The zero-order valence-electron chi connectivity index (χ0n) is 14.4. The first-order valence-corrected chi connectivity index (χ1v) is 8.36. The van der Waals surface area contributed by atoms with Crippen LogP contribution >= 0.6 is 0 Å². The highest BCUT2D eigenvalue weighted by Gasteiger charge is 2.51. The Balaban J connectivity index is 1.73. The van der Waals surface area contributed by atoms with E-state index in [4.69, 9.17) is 5.26 Å². The van der Waals surface area contributed by atoms with Crippen LogP contribution in [0.1, 0.15) is 30.9 Å². The van der Waals surface area contributed by atoms with E-state index in [1.54, 1.807) is 19.1 Å². The molecule has 2 saturated heterocycles. The van der Waals surface area contributed by atoms with Crippen LogP contribution in [0, 0.1) is 23.1 Å². The third-order valence-corrected chi connectivity index (χ3v) is 5.32. The van der Waals surface area contributed by atoms with Crippen molar-refractivity contribution in [1.82, 2.24) is 15.1 Å². The van der Waals surface area contributed by atoms with Gasteiger partial charge < -0.3 is 5.32 Å². The fourth-order valence-corrected chi connectivity index (χ4v) is 3.73. The molecule has 0 spiro atoms. The molecule has 2 atom stereocenters. The Kier molecular flexibility index (Phi) is 4.48. The summed E-state index contributed by atoms with van der Waals surface area (Å²) in [5, 5.41) is 11.6. The van der Waals surface area contributed by atoms with Gasteiger partial charge in [0.25, 0.3) is 5.91 Å². The van der Waals surface area contributed by atoms with E-state index >= 15 is 0 Å². The maximum atomic E-state index is 14.1. The van der Waals surface area contributed by atoms with Crippen molar-refractivity contribution in [2.24, 2.45) is 5.92 Å². The van der Waals surface area contributed by atoms with E-state index in [-0.39, 0.29) is 17.9 Å². The molecule has 2 aliphatic heterocycles. The Morgan fingerprint density at radius 1 is 1.44 bits per heavy atom. The summed E-state index contributed by atoms with van der Waals surface area (Å²) >= 11 is 0. The van der Waals surface area contributed by atoms with E-state index in [0.29, 0.717) is 24.2 Å². The van der Waals surface area contributed by atoms with Crippen molar-refractivity contribution in [3.8, 4) is 6.07 Å². The van der Waals surface area contributed by atoms with Crippen LogP contribution in [0.3, 0.4) is 0 Å². The zero-order valence-corrected chi connectivity index (χ0v) is 14.4. The Labute approximate surface area is 146 Å². The molecule has 0 radical (unpaired) electrons. The van der Waals surface area contributed by atoms with E-state index < -0.39 is 11.4 Å². The molecule has 0 saturated carbocycles. The van der Waals surface area contributed by atoms with Crippen molar-refractivity contribution in [2.45, 2.75) is 31.8 Å². The Bertz CT molecular complexity index is 760. The first-order valence-electron chi connectivity index (χ1n) is 8.36. The molecule has 3 amide bonds. The fourth-order valence-electron chi connectivity index (χ4n) is 3.73. The van der Waals surface area contributed by atoms with Gasteiger partial charge in [-0.1, -0.05) is 6.07 Å². The topological polar surface area (TPSA) is 76.4 Å². The number of imide groups is 1. The van der Waals surface area contributed by atoms with Gasteiger partial charge in [0, 0.05) is 31.6 Å². The van der Waals surface area contributed by atoms with E-state index in [1.165, 1.54) is 13.1 Å². The van der Waals surface area contributed by atoms with Crippen LogP contribution in [-0.2, 0) is 11.3 Å². The fraction of sp³-hybridized carbons (Fsp3) is 0.500. The molecule has 132 valence electrons. The van der Waals surface area contributed by atoms with E-state index in [9.17, 15) is 14.0 Å². The maximum Gasteiger partial charge on any atom is 0.324 e. The molecule has 25 heavy (non-hydrogen) atoms. The first kappa shape index (κ1) is 17.4. The molecule has 0 unspecified atom stereocenters. The molecule has 1 aromatic carbocycles. The van der Waals surface area contributed by atoms with Crippen LogP contribution in [0.25, 0.3) is 0 Å². The van der Waals surface area contributed by atoms with Gasteiger partial charge in [0.15, 0.2) is 0 Å². The molecule has 2 fully saturated rings. The van der Waals surface area contributed by atoms with Crippen LogP contribution in [0.4, 0.5) is 9.18 Å². The summed E-state index contributed by atoms with van der Waals surface area (Å²) in [6.45, 7) is 3.61. The Morgan fingerprint density at radius 2 is 2.20 bits per heavy atom. The molecular weight excluding hydrogens is 323 g/mol. The van der Waals surface area contributed by atoms with Crippen molar-refractivity contribution in [2.75, 3.05) is 20.1 Å². The van der Waals surface area contributed by atoms with Crippen molar-refractivity contribution in [1.29, 1.82) is 5.26 Å². The zero-order chi connectivity index (χ0) is 18.2. The van der Waals surface area contributed by atoms with E-state index in [0.717, 1.165) is 24.3 Å². The lowest BCUT2D eigenvalue weighted by atomic mass is 9.80.